The normalized spacial score (nSPS) is 12.8. The molecule has 72 valence electrons. The summed E-state index contributed by atoms with van der Waals surface area (Å²) >= 11 is 0. The predicted molar refractivity (Wildman–Crippen MR) is 57.9 cm³/mol. The van der Waals surface area contributed by atoms with Crippen LogP contribution in [0.3, 0.4) is 0 Å². The summed E-state index contributed by atoms with van der Waals surface area (Å²) in [5.74, 6) is 0. The third-order valence-corrected chi connectivity index (χ3v) is 2.45. The van der Waals surface area contributed by atoms with Gasteiger partial charge in [-0.1, -0.05) is 37.6 Å². The molecule has 0 aliphatic heterocycles. The Hall–Kier alpha value is -0.820. The minimum Gasteiger partial charge on any atom is -0.313 e. The Bertz CT molecular complexity index is 238. The molecule has 0 bridgehead atoms. The maximum atomic E-state index is 3.23. The molecule has 1 atom stereocenters. The summed E-state index contributed by atoms with van der Waals surface area (Å²) < 4.78 is 0. The lowest BCUT2D eigenvalue weighted by molar-refractivity contribution is 0.652. The summed E-state index contributed by atoms with van der Waals surface area (Å²) in [5, 5.41) is 3.23. The summed E-state index contributed by atoms with van der Waals surface area (Å²) in [6, 6.07) is 9.34. The maximum absolute atomic E-state index is 3.23. The quantitative estimate of drug-likeness (QED) is 0.745. The molecule has 0 radical (unpaired) electrons. The van der Waals surface area contributed by atoms with E-state index in [4.69, 9.17) is 0 Å². The molecule has 0 aliphatic carbocycles. The number of hydrogen-bond donors (Lipinski definition) is 1. The molecule has 0 spiro atoms. The first kappa shape index (κ1) is 10.3. The first-order valence-electron chi connectivity index (χ1n) is 5.04. The molecule has 1 unspecified atom stereocenters. The Kier molecular flexibility index (Phi) is 3.97. The number of benzene rings is 1. The van der Waals surface area contributed by atoms with Crippen LogP contribution in [0.15, 0.2) is 24.3 Å². The van der Waals surface area contributed by atoms with Gasteiger partial charge >= 0.3 is 0 Å². The molecule has 1 heteroatoms. The summed E-state index contributed by atoms with van der Waals surface area (Å²) in [6.07, 6.45) is 2.41. The van der Waals surface area contributed by atoms with Gasteiger partial charge in [0.15, 0.2) is 0 Å². The molecule has 13 heavy (non-hydrogen) atoms. The van der Waals surface area contributed by atoms with Crippen LogP contribution >= 0.6 is 0 Å². The largest absolute Gasteiger partial charge is 0.313 e. The Morgan fingerprint density at radius 3 is 2.31 bits per heavy atom. The van der Waals surface area contributed by atoms with Gasteiger partial charge in [-0.05, 0) is 31.5 Å². The van der Waals surface area contributed by atoms with Crippen molar-refractivity contribution in [3.05, 3.63) is 35.4 Å². The molecule has 1 aromatic carbocycles. The van der Waals surface area contributed by atoms with Crippen LogP contribution in [0.25, 0.3) is 0 Å². The highest BCUT2D eigenvalue weighted by molar-refractivity contribution is 5.24. The fourth-order valence-electron chi connectivity index (χ4n) is 1.43. The van der Waals surface area contributed by atoms with Gasteiger partial charge in [-0.2, -0.15) is 0 Å². The minimum atomic E-state index is 0.454. The molecule has 0 aliphatic rings. The van der Waals surface area contributed by atoms with Crippen LogP contribution in [0.2, 0.25) is 0 Å². The number of aryl methyl sites for hydroxylation is 1. The maximum Gasteiger partial charge on any atom is 0.0289 e. The fourth-order valence-corrected chi connectivity index (χ4v) is 1.43. The predicted octanol–water partition coefficient (Wildman–Crippen LogP) is 2.92. The van der Waals surface area contributed by atoms with Crippen molar-refractivity contribution < 1.29 is 0 Å². The van der Waals surface area contributed by atoms with E-state index in [2.05, 4.69) is 43.4 Å². The zero-order chi connectivity index (χ0) is 9.68. The number of hydrogen-bond acceptors (Lipinski definition) is 1. The summed E-state index contributed by atoms with van der Waals surface area (Å²) in [6.45, 7) is 4.39. The first-order chi connectivity index (χ1) is 6.27. The SMILES string of the molecule is CCCc1ccc(C(C)NC)cc1. The van der Waals surface area contributed by atoms with Gasteiger partial charge in [0.05, 0.1) is 0 Å². The molecule has 0 saturated heterocycles. The highest BCUT2D eigenvalue weighted by Crippen LogP contribution is 2.13. The van der Waals surface area contributed by atoms with E-state index in [1.807, 2.05) is 7.05 Å². The van der Waals surface area contributed by atoms with Crippen LogP contribution in [0.4, 0.5) is 0 Å². The number of nitrogens with one attached hydrogen (secondary N) is 1. The molecule has 0 saturated carbocycles. The molecular weight excluding hydrogens is 158 g/mol. The van der Waals surface area contributed by atoms with Crippen LogP contribution in [0.1, 0.15) is 37.4 Å². The molecule has 1 N–H and O–H groups in total. The third-order valence-electron chi connectivity index (χ3n) is 2.45. The smallest absolute Gasteiger partial charge is 0.0289 e. The summed E-state index contributed by atoms with van der Waals surface area (Å²) in [4.78, 5) is 0. The lowest BCUT2D eigenvalue weighted by Crippen LogP contribution is -2.11. The Balaban J connectivity index is 2.69. The van der Waals surface area contributed by atoms with Crippen molar-refractivity contribution in [1.82, 2.24) is 5.32 Å². The molecule has 0 amide bonds. The standard InChI is InChI=1S/C12H19N/c1-4-5-11-6-8-12(9-7-11)10(2)13-3/h6-10,13H,4-5H2,1-3H3. The van der Waals surface area contributed by atoms with E-state index in [1.165, 1.54) is 24.0 Å². The van der Waals surface area contributed by atoms with E-state index < -0.39 is 0 Å². The van der Waals surface area contributed by atoms with Gasteiger partial charge in [0, 0.05) is 6.04 Å². The Labute approximate surface area is 81.2 Å². The van der Waals surface area contributed by atoms with Crippen molar-refractivity contribution in [3.63, 3.8) is 0 Å². The highest BCUT2D eigenvalue weighted by atomic mass is 14.8. The van der Waals surface area contributed by atoms with Gasteiger partial charge in [-0.15, -0.1) is 0 Å². The Morgan fingerprint density at radius 2 is 1.85 bits per heavy atom. The molecule has 0 fully saturated rings. The molecule has 0 heterocycles. The van der Waals surface area contributed by atoms with Crippen LogP contribution in [-0.2, 0) is 6.42 Å². The van der Waals surface area contributed by atoms with Gasteiger partial charge < -0.3 is 5.32 Å². The van der Waals surface area contributed by atoms with Crippen molar-refractivity contribution in [2.75, 3.05) is 7.05 Å². The van der Waals surface area contributed by atoms with E-state index in [0.29, 0.717) is 6.04 Å². The average molecular weight is 177 g/mol. The minimum absolute atomic E-state index is 0.454. The van der Waals surface area contributed by atoms with E-state index in [9.17, 15) is 0 Å². The lowest BCUT2D eigenvalue weighted by atomic mass is 10.0. The second kappa shape index (κ2) is 5.03. The van der Waals surface area contributed by atoms with E-state index in [-0.39, 0.29) is 0 Å². The van der Waals surface area contributed by atoms with E-state index >= 15 is 0 Å². The topological polar surface area (TPSA) is 12.0 Å². The lowest BCUT2D eigenvalue weighted by Gasteiger charge is -2.10. The zero-order valence-corrected chi connectivity index (χ0v) is 8.80. The summed E-state index contributed by atoms with van der Waals surface area (Å²) in [5.41, 5.74) is 2.80. The van der Waals surface area contributed by atoms with Gasteiger partial charge in [0.25, 0.3) is 0 Å². The van der Waals surface area contributed by atoms with Gasteiger partial charge in [0.1, 0.15) is 0 Å². The molecule has 1 aromatic rings. The molecule has 0 aromatic heterocycles. The van der Waals surface area contributed by atoms with Crippen molar-refractivity contribution >= 4 is 0 Å². The van der Waals surface area contributed by atoms with Crippen LogP contribution in [-0.4, -0.2) is 7.05 Å². The van der Waals surface area contributed by atoms with Crippen molar-refractivity contribution in [3.8, 4) is 0 Å². The van der Waals surface area contributed by atoms with Crippen molar-refractivity contribution in [1.29, 1.82) is 0 Å². The fraction of sp³-hybridized carbons (Fsp3) is 0.500. The molecule has 1 nitrogen and oxygen atoms in total. The molecule has 1 rings (SSSR count). The van der Waals surface area contributed by atoms with Gasteiger partial charge in [-0.25, -0.2) is 0 Å². The first-order valence-corrected chi connectivity index (χ1v) is 5.04. The van der Waals surface area contributed by atoms with Gasteiger partial charge in [-0.3, -0.25) is 0 Å². The molecular formula is C12H19N. The van der Waals surface area contributed by atoms with Crippen LogP contribution < -0.4 is 5.32 Å². The second-order valence-corrected chi connectivity index (χ2v) is 3.50. The Morgan fingerprint density at radius 1 is 1.23 bits per heavy atom. The van der Waals surface area contributed by atoms with E-state index in [1.54, 1.807) is 0 Å². The van der Waals surface area contributed by atoms with E-state index in [0.717, 1.165) is 0 Å². The number of rotatable bonds is 4. The van der Waals surface area contributed by atoms with Gasteiger partial charge in [0.2, 0.25) is 0 Å². The summed E-state index contributed by atoms with van der Waals surface area (Å²) in [7, 11) is 1.99. The average Bonchev–Trinajstić information content (AvgIpc) is 2.18. The monoisotopic (exact) mass is 177 g/mol. The second-order valence-electron chi connectivity index (χ2n) is 3.50. The van der Waals surface area contributed by atoms with Crippen LogP contribution in [0.5, 0.6) is 0 Å². The third kappa shape index (κ3) is 2.85. The van der Waals surface area contributed by atoms with Crippen molar-refractivity contribution in [2.45, 2.75) is 32.7 Å². The van der Waals surface area contributed by atoms with Crippen molar-refractivity contribution in [2.24, 2.45) is 0 Å². The highest BCUT2D eigenvalue weighted by Gasteiger charge is 2.00. The zero-order valence-electron chi connectivity index (χ0n) is 8.80. The van der Waals surface area contributed by atoms with Crippen LogP contribution in [0, 0.1) is 0 Å².